The number of aliphatic carboxylic acids is 1. The Balaban J connectivity index is 1.81. The lowest BCUT2D eigenvalue weighted by Crippen LogP contribution is -2.40. The van der Waals surface area contributed by atoms with Crippen molar-refractivity contribution in [2.45, 2.75) is 24.3 Å². The van der Waals surface area contributed by atoms with Gasteiger partial charge < -0.3 is 15.2 Å². The van der Waals surface area contributed by atoms with E-state index >= 15 is 0 Å². The standard InChI is InChI=1S/C19H19NO4/c1-24-15-9-7-14(8-10-15)19(11-12-19)18(23)20-16(17(21)22)13-5-3-2-4-6-13/h2-10,16H,11-12H2,1H3,(H,20,23)(H,21,22). The minimum atomic E-state index is -1.07. The number of carbonyl (C=O) groups excluding carboxylic acids is 1. The van der Waals surface area contributed by atoms with Gasteiger partial charge in [-0.3, -0.25) is 4.79 Å². The molecule has 1 aliphatic carbocycles. The molecule has 0 radical (unpaired) electrons. The van der Waals surface area contributed by atoms with Crippen molar-refractivity contribution in [3.8, 4) is 5.75 Å². The first-order valence-corrected chi connectivity index (χ1v) is 7.80. The molecule has 124 valence electrons. The molecule has 2 aromatic rings. The summed E-state index contributed by atoms with van der Waals surface area (Å²) in [6, 6.07) is 15.0. The fraction of sp³-hybridized carbons (Fsp3) is 0.263. The molecule has 24 heavy (non-hydrogen) atoms. The van der Waals surface area contributed by atoms with Crippen molar-refractivity contribution in [3.05, 3.63) is 65.7 Å². The molecule has 0 saturated heterocycles. The fourth-order valence-corrected chi connectivity index (χ4v) is 2.88. The zero-order chi connectivity index (χ0) is 17.2. The molecule has 1 fully saturated rings. The largest absolute Gasteiger partial charge is 0.497 e. The minimum absolute atomic E-state index is 0.246. The molecule has 1 unspecified atom stereocenters. The van der Waals surface area contributed by atoms with E-state index in [-0.39, 0.29) is 5.91 Å². The highest BCUT2D eigenvalue weighted by Crippen LogP contribution is 2.49. The van der Waals surface area contributed by atoms with Crippen LogP contribution >= 0.6 is 0 Å². The van der Waals surface area contributed by atoms with Gasteiger partial charge in [0.15, 0.2) is 6.04 Å². The Bertz CT molecular complexity index is 736. The maximum Gasteiger partial charge on any atom is 0.330 e. The number of ether oxygens (including phenoxy) is 1. The molecular formula is C19H19NO4. The highest BCUT2D eigenvalue weighted by molar-refractivity contribution is 5.94. The van der Waals surface area contributed by atoms with E-state index in [9.17, 15) is 14.7 Å². The molecular weight excluding hydrogens is 306 g/mol. The smallest absolute Gasteiger partial charge is 0.330 e. The van der Waals surface area contributed by atoms with Crippen molar-refractivity contribution in [1.29, 1.82) is 0 Å². The Morgan fingerprint density at radius 2 is 1.71 bits per heavy atom. The number of hydrogen-bond donors (Lipinski definition) is 2. The second kappa shape index (κ2) is 6.35. The summed E-state index contributed by atoms with van der Waals surface area (Å²) in [5.41, 5.74) is 0.816. The summed E-state index contributed by atoms with van der Waals surface area (Å²) >= 11 is 0. The van der Waals surface area contributed by atoms with Crippen LogP contribution in [-0.2, 0) is 15.0 Å². The van der Waals surface area contributed by atoms with Crippen molar-refractivity contribution >= 4 is 11.9 Å². The Hall–Kier alpha value is -2.82. The second-order valence-electron chi connectivity index (χ2n) is 5.97. The summed E-state index contributed by atoms with van der Waals surface area (Å²) in [4.78, 5) is 24.3. The van der Waals surface area contributed by atoms with Gasteiger partial charge in [-0.2, -0.15) is 0 Å². The Morgan fingerprint density at radius 1 is 1.08 bits per heavy atom. The number of hydrogen-bond acceptors (Lipinski definition) is 3. The van der Waals surface area contributed by atoms with Crippen LogP contribution in [-0.4, -0.2) is 24.1 Å². The normalized spacial score (nSPS) is 16.0. The first-order valence-electron chi connectivity index (χ1n) is 7.80. The van der Waals surface area contributed by atoms with E-state index in [4.69, 9.17) is 4.74 Å². The van der Waals surface area contributed by atoms with Gasteiger partial charge in [-0.25, -0.2) is 4.79 Å². The van der Waals surface area contributed by atoms with Crippen molar-refractivity contribution in [2.24, 2.45) is 0 Å². The fourth-order valence-electron chi connectivity index (χ4n) is 2.88. The lowest BCUT2D eigenvalue weighted by Gasteiger charge is -2.20. The molecule has 1 atom stereocenters. The number of nitrogens with one attached hydrogen (secondary N) is 1. The monoisotopic (exact) mass is 325 g/mol. The topological polar surface area (TPSA) is 75.6 Å². The molecule has 3 rings (SSSR count). The van der Waals surface area contributed by atoms with Gasteiger partial charge in [-0.05, 0) is 36.1 Å². The molecule has 0 aromatic heterocycles. The van der Waals surface area contributed by atoms with E-state index in [1.54, 1.807) is 31.4 Å². The molecule has 1 aliphatic rings. The van der Waals surface area contributed by atoms with E-state index < -0.39 is 17.4 Å². The predicted octanol–water partition coefficient (Wildman–Crippen LogP) is 2.67. The number of methoxy groups -OCH3 is 1. The number of carboxylic acids is 1. The minimum Gasteiger partial charge on any atom is -0.497 e. The summed E-state index contributed by atoms with van der Waals surface area (Å²) < 4.78 is 5.14. The number of carbonyl (C=O) groups is 2. The molecule has 5 nitrogen and oxygen atoms in total. The van der Waals surface area contributed by atoms with Gasteiger partial charge in [0.1, 0.15) is 5.75 Å². The maximum absolute atomic E-state index is 12.8. The third-order valence-corrected chi connectivity index (χ3v) is 4.48. The zero-order valence-corrected chi connectivity index (χ0v) is 13.4. The molecule has 0 aliphatic heterocycles. The van der Waals surface area contributed by atoms with Crippen molar-refractivity contribution in [1.82, 2.24) is 5.32 Å². The lowest BCUT2D eigenvalue weighted by molar-refractivity contribution is -0.142. The van der Waals surface area contributed by atoms with Gasteiger partial charge in [0.25, 0.3) is 0 Å². The summed E-state index contributed by atoms with van der Waals surface area (Å²) in [7, 11) is 1.59. The number of carboxylic acid groups (broad SMARTS) is 1. The summed E-state index contributed by atoms with van der Waals surface area (Å²) in [6.45, 7) is 0. The van der Waals surface area contributed by atoms with Crippen LogP contribution in [0, 0.1) is 0 Å². The summed E-state index contributed by atoms with van der Waals surface area (Å²) in [5.74, 6) is -0.591. The molecule has 1 saturated carbocycles. The highest BCUT2D eigenvalue weighted by Gasteiger charge is 2.52. The first-order chi connectivity index (χ1) is 11.6. The second-order valence-corrected chi connectivity index (χ2v) is 5.97. The average molecular weight is 325 g/mol. The molecule has 0 bridgehead atoms. The van der Waals surface area contributed by atoms with Gasteiger partial charge in [0, 0.05) is 0 Å². The molecule has 1 amide bonds. The maximum atomic E-state index is 12.8. The number of rotatable bonds is 6. The quantitative estimate of drug-likeness (QED) is 0.856. The van der Waals surface area contributed by atoms with Crippen LogP contribution in [0.15, 0.2) is 54.6 Å². The van der Waals surface area contributed by atoms with Crippen LogP contribution in [0.2, 0.25) is 0 Å². The lowest BCUT2D eigenvalue weighted by atomic mass is 9.94. The molecule has 0 heterocycles. The predicted molar refractivity (Wildman–Crippen MR) is 88.9 cm³/mol. The van der Waals surface area contributed by atoms with E-state index in [0.29, 0.717) is 18.4 Å². The number of amides is 1. The van der Waals surface area contributed by atoms with Crippen molar-refractivity contribution < 1.29 is 19.4 Å². The van der Waals surface area contributed by atoms with Crippen LogP contribution in [0.25, 0.3) is 0 Å². The van der Waals surface area contributed by atoms with Gasteiger partial charge >= 0.3 is 5.97 Å². The van der Waals surface area contributed by atoms with Gasteiger partial charge in [0.05, 0.1) is 12.5 Å². The Labute approximate surface area is 140 Å². The van der Waals surface area contributed by atoms with Crippen LogP contribution in [0.3, 0.4) is 0 Å². The highest BCUT2D eigenvalue weighted by atomic mass is 16.5. The van der Waals surface area contributed by atoms with Gasteiger partial charge in [-0.15, -0.1) is 0 Å². The summed E-state index contributed by atoms with van der Waals surface area (Å²) in [6.07, 6.45) is 1.43. The van der Waals surface area contributed by atoms with Crippen LogP contribution in [0.4, 0.5) is 0 Å². The zero-order valence-electron chi connectivity index (χ0n) is 13.4. The molecule has 5 heteroatoms. The van der Waals surface area contributed by atoms with Gasteiger partial charge in [0.2, 0.25) is 5.91 Å². The van der Waals surface area contributed by atoms with Crippen molar-refractivity contribution in [3.63, 3.8) is 0 Å². The van der Waals surface area contributed by atoms with Crippen molar-refractivity contribution in [2.75, 3.05) is 7.11 Å². The van der Waals surface area contributed by atoms with E-state index in [1.165, 1.54) is 0 Å². The van der Waals surface area contributed by atoms with Crippen LogP contribution in [0.5, 0.6) is 5.75 Å². The van der Waals surface area contributed by atoms with Crippen LogP contribution in [0.1, 0.15) is 30.0 Å². The van der Waals surface area contributed by atoms with E-state index in [1.807, 2.05) is 30.3 Å². The third-order valence-electron chi connectivity index (χ3n) is 4.48. The van der Waals surface area contributed by atoms with Crippen LogP contribution < -0.4 is 10.1 Å². The molecule has 2 N–H and O–H groups in total. The molecule has 2 aromatic carbocycles. The summed E-state index contributed by atoms with van der Waals surface area (Å²) in [5, 5.41) is 12.2. The van der Waals surface area contributed by atoms with Gasteiger partial charge in [-0.1, -0.05) is 42.5 Å². The Kier molecular flexibility index (Phi) is 4.25. The molecule has 0 spiro atoms. The van der Waals surface area contributed by atoms with E-state index in [2.05, 4.69) is 5.32 Å². The average Bonchev–Trinajstić information content (AvgIpc) is 3.42. The SMILES string of the molecule is COc1ccc(C2(C(=O)NC(C(=O)O)c3ccccc3)CC2)cc1. The first kappa shape index (κ1) is 16.1. The van der Waals surface area contributed by atoms with E-state index in [0.717, 1.165) is 11.3 Å². The third kappa shape index (κ3) is 2.97. The number of benzene rings is 2. The Morgan fingerprint density at radius 3 is 2.21 bits per heavy atom.